The molecule has 3 rings (SSSR count). The lowest BCUT2D eigenvalue weighted by atomic mass is 10.2. The first-order valence-electron chi connectivity index (χ1n) is 9.65. The Balaban J connectivity index is 1.55. The lowest BCUT2D eigenvalue weighted by Gasteiger charge is -2.33. The summed E-state index contributed by atoms with van der Waals surface area (Å²) in [7, 11) is 0. The molecule has 0 aromatic carbocycles. The van der Waals surface area contributed by atoms with E-state index in [0.29, 0.717) is 44.9 Å². The van der Waals surface area contributed by atoms with Crippen LogP contribution in [0.5, 0.6) is 0 Å². The van der Waals surface area contributed by atoms with Crippen LogP contribution in [0.1, 0.15) is 40.6 Å². The van der Waals surface area contributed by atoms with Crippen molar-refractivity contribution in [3.8, 4) is 0 Å². The standard InChI is InChI=1S/C19H26N4O5/c1-2-27-19(26)23-9-7-22(8-10-23)18(25)16-12-14(5-6-20-16)17(24)21-13-15-4-3-11-28-15/h5-6,12,15H,2-4,7-11,13H2,1H3,(H,21,24). The summed E-state index contributed by atoms with van der Waals surface area (Å²) in [6.45, 7) is 4.89. The number of aromatic nitrogens is 1. The first kappa shape index (κ1) is 20.1. The number of amides is 3. The zero-order chi connectivity index (χ0) is 19.9. The number of hydrogen-bond donors (Lipinski definition) is 1. The van der Waals surface area contributed by atoms with E-state index in [1.54, 1.807) is 22.8 Å². The second-order valence-corrected chi connectivity index (χ2v) is 6.75. The maximum absolute atomic E-state index is 12.7. The minimum absolute atomic E-state index is 0.0579. The molecule has 2 saturated heterocycles. The third-order valence-electron chi connectivity index (χ3n) is 4.85. The highest BCUT2D eigenvalue weighted by Crippen LogP contribution is 2.12. The van der Waals surface area contributed by atoms with Gasteiger partial charge in [0.2, 0.25) is 0 Å². The number of nitrogens with zero attached hydrogens (tertiary/aromatic N) is 3. The number of nitrogens with one attached hydrogen (secondary N) is 1. The highest BCUT2D eigenvalue weighted by molar-refractivity contribution is 5.98. The Hall–Kier alpha value is -2.68. The predicted molar refractivity (Wildman–Crippen MR) is 100 cm³/mol. The number of rotatable bonds is 5. The highest BCUT2D eigenvalue weighted by atomic mass is 16.6. The van der Waals surface area contributed by atoms with Crippen molar-refractivity contribution >= 4 is 17.9 Å². The molecule has 9 nitrogen and oxygen atoms in total. The van der Waals surface area contributed by atoms with Crippen LogP contribution in [0.15, 0.2) is 18.3 Å². The minimum Gasteiger partial charge on any atom is -0.450 e. The van der Waals surface area contributed by atoms with Crippen LogP contribution in [-0.2, 0) is 9.47 Å². The fourth-order valence-electron chi connectivity index (χ4n) is 3.27. The summed E-state index contributed by atoms with van der Waals surface area (Å²) < 4.78 is 10.5. The van der Waals surface area contributed by atoms with Gasteiger partial charge in [-0.05, 0) is 31.9 Å². The zero-order valence-electron chi connectivity index (χ0n) is 16.1. The van der Waals surface area contributed by atoms with E-state index in [1.165, 1.54) is 12.3 Å². The van der Waals surface area contributed by atoms with Gasteiger partial charge in [0.25, 0.3) is 11.8 Å². The van der Waals surface area contributed by atoms with Gasteiger partial charge in [-0.3, -0.25) is 14.6 Å². The van der Waals surface area contributed by atoms with Crippen molar-refractivity contribution in [3.05, 3.63) is 29.6 Å². The molecule has 0 spiro atoms. The summed E-state index contributed by atoms with van der Waals surface area (Å²) in [5, 5.41) is 2.84. The predicted octanol–water partition coefficient (Wildman–Crippen LogP) is 0.905. The van der Waals surface area contributed by atoms with E-state index < -0.39 is 0 Å². The molecule has 0 aliphatic carbocycles. The van der Waals surface area contributed by atoms with Gasteiger partial charge in [-0.1, -0.05) is 0 Å². The summed E-state index contributed by atoms with van der Waals surface area (Å²) in [5.41, 5.74) is 0.607. The zero-order valence-corrected chi connectivity index (χ0v) is 16.1. The van der Waals surface area contributed by atoms with Crippen LogP contribution in [0.3, 0.4) is 0 Å². The molecule has 28 heavy (non-hydrogen) atoms. The van der Waals surface area contributed by atoms with E-state index in [1.807, 2.05) is 0 Å². The Kier molecular flexibility index (Phi) is 6.80. The van der Waals surface area contributed by atoms with Gasteiger partial charge in [0.05, 0.1) is 12.7 Å². The lowest BCUT2D eigenvalue weighted by molar-refractivity contribution is 0.0566. The van der Waals surface area contributed by atoms with E-state index in [-0.39, 0.29) is 29.7 Å². The van der Waals surface area contributed by atoms with Crippen molar-refractivity contribution in [1.29, 1.82) is 0 Å². The summed E-state index contributed by atoms with van der Waals surface area (Å²) in [6, 6.07) is 3.09. The molecular weight excluding hydrogens is 364 g/mol. The van der Waals surface area contributed by atoms with Crippen LogP contribution in [0.4, 0.5) is 4.79 Å². The Labute approximate surface area is 164 Å². The summed E-state index contributed by atoms with van der Waals surface area (Å²) in [4.78, 5) is 44.2. The van der Waals surface area contributed by atoms with Crippen LogP contribution >= 0.6 is 0 Å². The fourth-order valence-corrected chi connectivity index (χ4v) is 3.27. The Morgan fingerprint density at radius 2 is 2.00 bits per heavy atom. The number of carbonyl (C=O) groups is 3. The van der Waals surface area contributed by atoms with Crippen LogP contribution in [0.25, 0.3) is 0 Å². The second-order valence-electron chi connectivity index (χ2n) is 6.75. The molecule has 152 valence electrons. The monoisotopic (exact) mass is 390 g/mol. The fraction of sp³-hybridized carbons (Fsp3) is 0.579. The van der Waals surface area contributed by atoms with Gasteiger partial charge in [0, 0.05) is 51.1 Å². The van der Waals surface area contributed by atoms with Gasteiger partial charge in [0.1, 0.15) is 5.69 Å². The van der Waals surface area contributed by atoms with Crippen molar-refractivity contribution in [2.75, 3.05) is 45.9 Å². The third-order valence-corrected chi connectivity index (χ3v) is 4.85. The normalized spacial score (nSPS) is 19.4. The summed E-state index contributed by atoms with van der Waals surface area (Å²) in [5.74, 6) is -0.503. The number of hydrogen-bond acceptors (Lipinski definition) is 6. The van der Waals surface area contributed by atoms with E-state index in [9.17, 15) is 14.4 Å². The first-order valence-corrected chi connectivity index (χ1v) is 9.65. The van der Waals surface area contributed by atoms with Gasteiger partial charge >= 0.3 is 6.09 Å². The molecular formula is C19H26N4O5. The summed E-state index contributed by atoms with van der Waals surface area (Å²) >= 11 is 0. The molecule has 1 unspecified atom stereocenters. The number of ether oxygens (including phenoxy) is 2. The SMILES string of the molecule is CCOC(=O)N1CCN(C(=O)c2cc(C(=O)NCC3CCCO3)ccn2)CC1. The molecule has 3 amide bonds. The molecule has 0 radical (unpaired) electrons. The van der Waals surface area contributed by atoms with E-state index in [4.69, 9.17) is 9.47 Å². The average molecular weight is 390 g/mol. The van der Waals surface area contributed by atoms with Gasteiger partial charge in [-0.25, -0.2) is 4.79 Å². The van der Waals surface area contributed by atoms with Crippen LogP contribution in [0, 0.1) is 0 Å². The van der Waals surface area contributed by atoms with Crippen LogP contribution in [0.2, 0.25) is 0 Å². The van der Waals surface area contributed by atoms with E-state index in [2.05, 4.69) is 10.3 Å². The maximum atomic E-state index is 12.7. The lowest BCUT2D eigenvalue weighted by Crippen LogP contribution is -2.50. The van der Waals surface area contributed by atoms with Crippen LogP contribution < -0.4 is 5.32 Å². The molecule has 1 atom stereocenters. The maximum Gasteiger partial charge on any atom is 0.409 e. The first-order chi connectivity index (χ1) is 13.6. The Morgan fingerprint density at radius 3 is 2.68 bits per heavy atom. The van der Waals surface area contributed by atoms with Gasteiger partial charge in [-0.2, -0.15) is 0 Å². The summed E-state index contributed by atoms with van der Waals surface area (Å²) in [6.07, 6.45) is 3.11. The van der Waals surface area contributed by atoms with Crippen LogP contribution in [-0.4, -0.2) is 84.7 Å². The Morgan fingerprint density at radius 1 is 1.25 bits per heavy atom. The molecule has 1 aromatic heterocycles. The smallest absolute Gasteiger partial charge is 0.409 e. The van der Waals surface area contributed by atoms with Gasteiger partial charge in [-0.15, -0.1) is 0 Å². The second kappa shape index (κ2) is 9.50. The molecule has 2 fully saturated rings. The van der Waals surface area contributed by atoms with E-state index in [0.717, 1.165) is 19.4 Å². The minimum atomic E-state index is -0.363. The van der Waals surface area contributed by atoms with Crippen molar-refractivity contribution in [1.82, 2.24) is 20.1 Å². The van der Waals surface area contributed by atoms with Gasteiger partial charge in [0.15, 0.2) is 0 Å². The number of carbonyl (C=O) groups excluding carboxylic acids is 3. The molecule has 0 saturated carbocycles. The Bertz CT molecular complexity index is 712. The molecule has 2 aliphatic rings. The molecule has 0 bridgehead atoms. The molecule has 1 aromatic rings. The number of piperazine rings is 1. The third kappa shape index (κ3) is 4.98. The van der Waals surface area contributed by atoms with Crippen molar-refractivity contribution in [2.24, 2.45) is 0 Å². The van der Waals surface area contributed by atoms with E-state index >= 15 is 0 Å². The largest absolute Gasteiger partial charge is 0.450 e. The molecule has 1 N–H and O–H groups in total. The van der Waals surface area contributed by atoms with Crippen molar-refractivity contribution < 1.29 is 23.9 Å². The average Bonchev–Trinajstić information content (AvgIpc) is 3.25. The topological polar surface area (TPSA) is 101 Å². The van der Waals surface area contributed by atoms with Crippen molar-refractivity contribution in [3.63, 3.8) is 0 Å². The van der Waals surface area contributed by atoms with Crippen molar-refractivity contribution in [2.45, 2.75) is 25.9 Å². The van der Waals surface area contributed by atoms with Gasteiger partial charge < -0.3 is 24.6 Å². The molecule has 2 aliphatic heterocycles. The quantitative estimate of drug-likeness (QED) is 0.802. The number of pyridine rings is 1. The molecule has 9 heteroatoms. The highest BCUT2D eigenvalue weighted by Gasteiger charge is 2.26. The molecule has 3 heterocycles.